The largest absolute Gasteiger partial charge is 0.486 e. The number of nitrogens with zero attached hydrogens (tertiary/aromatic N) is 2. The number of hydrogen-bond acceptors (Lipinski definition) is 6. The number of allylic oxidation sites excluding steroid dienone is 1. The van der Waals surface area contributed by atoms with Gasteiger partial charge in [-0.05, 0) is 81.1 Å². The molecule has 0 spiro atoms. The van der Waals surface area contributed by atoms with E-state index < -0.39 is 12.0 Å². The van der Waals surface area contributed by atoms with E-state index >= 15 is 0 Å². The molecule has 40 heavy (non-hydrogen) atoms. The van der Waals surface area contributed by atoms with E-state index in [0.717, 1.165) is 11.1 Å². The van der Waals surface area contributed by atoms with E-state index in [9.17, 15) is 14.0 Å². The van der Waals surface area contributed by atoms with Crippen molar-refractivity contribution in [3.05, 3.63) is 129 Å². The van der Waals surface area contributed by atoms with E-state index in [0.29, 0.717) is 40.9 Å². The van der Waals surface area contributed by atoms with Crippen LogP contribution in [0.1, 0.15) is 36.6 Å². The van der Waals surface area contributed by atoms with Gasteiger partial charge in [-0.1, -0.05) is 59.9 Å². The maximum Gasteiger partial charge on any atom is 0.338 e. The van der Waals surface area contributed by atoms with Crippen molar-refractivity contribution in [1.29, 1.82) is 0 Å². The quantitative estimate of drug-likeness (QED) is 0.223. The second-order valence-corrected chi connectivity index (χ2v) is 11.6. The first-order chi connectivity index (χ1) is 19.3. The molecule has 0 amide bonds. The molecular formula is C30H23Br2FN2O4S. The van der Waals surface area contributed by atoms with E-state index in [4.69, 9.17) is 9.47 Å². The normalized spacial score (nSPS) is 15.0. The van der Waals surface area contributed by atoms with Crippen molar-refractivity contribution in [2.45, 2.75) is 26.5 Å². The minimum Gasteiger partial charge on any atom is -0.486 e. The number of ether oxygens (including phenoxy) is 2. The lowest BCUT2D eigenvalue weighted by atomic mass is 9.96. The molecule has 1 unspecified atom stereocenters. The van der Waals surface area contributed by atoms with Gasteiger partial charge >= 0.3 is 5.97 Å². The van der Waals surface area contributed by atoms with Gasteiger partial charge in [0.15, 0.2) is 4.80 Å². The molecule has 4 aromatic rings. The fourth-order valence-corrected chi connectivity index (χ4v) is 6.96. The van der Waals surface area contributed by atoms with E-state index in [1.807, 2.05) is 42.5 Å². The smallest absolute Gasteiger partial charge is 0.338 e. The SMILES string of the molecule is CCOC(=O)C1=C(C)N=c2s/c(=C/c3cc(Br)c(OCc4ccccc4F)c(Br)c3)c(=O)n2C1c1ccccc1. The summed E-state index contributed by atoms with van der Waals surface area (Å²) in [4.78, 5) is 31.9. The van der Waals surface area contributed by atoms with Crippen molar-refractivity contribution >= 4 is 55.2 Å². The molecule has 1 aliphatic rings. The van der Waals surface area contributed by atoms with Crippen molar-refractivity contribution in [2.24, 2.45) is 4.99 Å². The van der Waals surface area contributed by atoms with Gasteiger partial charge in [0.1, 0.15) is 18.2 Å². The van der Waals surface area contributed by atoms with Crippen LogP contribution >= 0.6 is 43.2 Å². The standard InChI is InChI=1S/C30H23Br2FN2O4S/c1-3-38-29(37)25-17(2)34-30-35(26(25)19-9-5-4-6-10-19)28(36)24(40-30)15-18-13-21(31)27(22(32)14-18)39-16-20-11-7-8-12-23(20)33/h4-15,26H,3,16H2,1-2H3/b24-15+. The van der Waals surface area contributed by atoms with Crippen molar-refractivity contribution in [3.8, 4) is 5.75 Å². The summed E-state index contributed by atoms with van der Waals surface area (Å²) in [6.07, 6.45) is 1.77. The predicted molar refractivity (Wildman–Crippen MR) is 159 cm³/mol. The first-order valence-electron chi connectivity index (χ1n) is 12.4. The molecule has 1 atom stereocenters. The molecule has 0 fully saturated rings. The van der Waals surface area contributed by atoms with Gasteiger partial charge in [-0.25, -0.2) is 14.2 Å². The number of thiazole rings is 1. The van der Waals surface area contributed by atoms with Crippen LogP contribution < -0.4 is 19.6 Å². The van der Waals surface area contributed by atoms with Crippen LogP contribution in [0.4, 0.5) is 4.39 Å². The Balaban J connectivity index is 1.55. The van der Waals surface area contributed by atoms with Gasteiger partial charge in [0.05, 0.1) is 37.4 Å². The highest BCUT2D eigenvalue weighted by atomic mass is 79.9. The zero-order chi connectivity index (χ0) is 28.4. The Morgan fingerprint density at radius 2 is 1.77 bits per heavy atom. The van der Waals surface area contributed by atoms with Crippen LogP contribution in [0, 0.1) is 5.82 Å². The summed E-state index contributed by atoms with van der Waals surface area (Å²) in [6.45, 7) is 3.77. The maximum absolute atomic E-state index is 14.0. The highest BCUT2D eigenvalue weighted by Gasteiger charge is 2.33. The lowest BCUT2D eigenvalue weighted by molar-refractivity contribution is -0.139. The molecular weight excluding hydrogens is 663 g/mol. The van der Waals surface area contributed by atoms with E-state index in [-0.39, 0.29) is 24.6 Å². The molecule has 1 aliphatic heterocycles. The molecule has 2 heterocycles. The highest BCUT2D eigenvalue weighted by molar-refractivity contribution is 9.11. The van der Waals surface area contributed by atoms with E-state index in [1.54, 1.807) is 42.7 Å². The third-order valence-corrected chi connectivity index (χ3v) is 8.44. The van der Waals surface area contributed by atoms with Gasteiger partial charge in [0.2, 0.25) is 0 Å². The van der Waals surface area contributed by atoms with Gasteiger partial charge in [0.25, 0.3) is 5.56 Å². The van der Waals surface area contributed by atoms with Crippen LogP contribution in [-0.2, 0) is 16.1 Å². The average Bonchev–Trinajstić information content (AvgIpc) is 3.23. The number of hydrogen-bond donors (Lipinski definition) is 0. The molecule has 0 saturated heterocycles. The molecule has 3 aromatic carbocycles. The third-order valence-electron chi connectivity index (χ3n) is 6.28. The number of fused-ring (bicyclic) bond motifs is 1. The molecule has 0 N–H and O–H groups in total. The molecule has 0 saturated carbocycles. The van der Waals surface area contributed by atoms with E-state index in [1.165, 1.54) is 17.4 Å². The summed E-state index contributed by atoms with van der Waals surface area (Å²) < 4.78 is 28.5. The van der Waals surface area contributed by atoms with Crippen LogP contribution in [0.3, 0.4) is 0 Å². The number of aromatic nitrogens is 1. The first-order valence-corrected chi connectivity index (χ1v) is 14.8. The summed E-state index contributed by atoms with van der Waals surface area (Å²) in [7, 11) is 0. The second kappa shape index (κ2) is 12.0. The Morgan fingerprint density at radius 1 is 1.10 bits per heavy atom. The Morgan fingerprint density at radius 3 is 2.45 bits per heavy atom. The minimum atomic E-state index is -0.661. The van der Waals surface area contributed by atoms with Gasteiger partial charge in [0, 0.05) is 5.56 Å². The number of rotatable bonds is 7. The molecule has 0 bridgehead atoms. The van der Waals surface area contributed by atoms with Crippen LogP contribution in [0.5, 0.6) is 5.75 Å². The molecule has 10 heteroatoms. The van der Waals surface area contributed by atoms with Gasteiger partial charge in [-0.2, -0.15) is 0 Å². The van der Waals surface area contributed by atoms with Crippen molar-refractivity contribution in [1.82, 2.24) is 4.57 Å². The number of carbonyl (C=O) groups is 1. The summed E-state index contributed by atoms with van der Waals surface area (Å²) >= 11 is 8.33. The van der Waals surface area contributed by atoms with Crippen molar-refractivity contribution in [3.63, 3.8) is 0 Å². The summed E-state index contributed by atoms with van der Waals surface area (Å²) in [5.74, 6) is -0.316. The maximum atomic E-state index is 14.0. The molecule has 1 aromatic heterocycles. The lowest BCUT2D eigenvalue weighted by Gasteiger charge is -2.24. The number of carbonyl (C=O) groups excluding carboxylic acids is 1. The summed E-state index contributed by atoms with van der Waals surface area (Å²) in [5.41, 5.74) is 2.56. The molecule has 0 radical (unpaired) electrons. The highest BCUT2D eigenvalue weighted by Crippen LogP contribution is 2.36. The third kappa shape index (κ3) is 5.61. The Labute approximate surface area is 250 Å². The van der Waals surface area contributed by atoms with Crippen LogP contribution in [0.2, 0.25) is 0 Å². The second-order valence-electron chi connectivity index (χ2n) is 8.91. The van der Waals surface area contributed by atoms with Gasteiger partial charge < -0.3 is 9.47 Å². The molecule has 6 nitrogen and oxygen atoms in total. The lowest BCUT2D eigenvalue weighted by Crippen LogP contribution is -2.39. The van der Waals surface area contributed by atoms with Crippen LogP contribution in [0.15, 0.2) is 96.7 Å². The van der Waals surface area contributed by atoms with Gasteiger partial charge in [-0.15, -0.1) is 0 Å². The average molecular weight is 686 g/mol. The Bertz CT molecular complexity index is 1790. The molecule has 204 valence electrons. The molecule has 0 aliphatic carbocycles. The fraction of sp³-hybridized carbons (Fsp3) is 0.167. The Kier molecular flexibility index (Phi) is 8.48. The Hall–Kier alpha value is -3.34. The number of halogens is 3. The zero-order valence-corrected chi connectivity index (χ0v) is 25.5. The van der Waals surface area contributed by atoms with Crippen molar-refractivity contribution < 1.29 is 18.7 Å². The minimum absolute atomic E-state index is 0.0590. The topological polar surface area (TPSA) is 69.9 Å². The predicted octanol–water partition coefficient (Wildman–Crippen LogP) is 6.04. The fourth-order valence-electron chi connectivity index (χ4n) is 4.46. The van der Waals surface area contributed by atoms with Gasteiger partial charge in [-0.3, -0.25) is 9.36 Å². The summed E-state index contributed by atoms with van der Waals surface area (Å²) in [5, 5.41) is 0. The van der Waals surface area contributed by atoms with Crippen LogP contribution in [0.25, 0.3) is 6.08 Å². The first kappa shape index (κ1) is 28.2. The number of benzene rings is 3. The molecule has 5 rings (SSSR count). The monoisotopic (exact) mass is 684 g/mol. The van der Waals surface area contributed by atoms with Crippen molar-refractivity contribution in [2.75, 3.05) is 6.61 Å². The summed E-state index contributed by atoms with van der Waals surface area (Å²) in [6, 6.07) is 18.8. The van der Waals surface area contributed by atoms with Crippen LogP contribution in [-0.4, -0.2) is 17.1 Å². The number of esters is 1. The van der Waals surface area contributed by atoms with E-state index in [2.05, 4.69) is 36.9 Å². The zero-order valence-electron chi connectivity index (χ0n) is 21.5.